The molecule has 0 bridgehead atoms. The molecule has 1 N–H and O–H groups in total. The summed E-state index contributed by atoms with van der Waals surface area (Å²) in [6.07, 6.45) is 4.97. The first kappa shape index (κ1) is 18.8. The molecule has 4 rings (SSSR count). The molecule has 1 unspecified atom stereocenters. The van der Waals surface area contributed by atoms with Gasteiger partial charge in [0.1, 0.15) is 5.82 Å². The van der Waals surface area contributed by atoms with Crippen molar-refractivity contribution in [3.05, 3.63) is 61.4 Å². The van der Waals surface area contributed by atoms with E-state index in [9.17, 15) is 9.59 Å². The second-order valence-electron chi connectivity index (χ2n) is 6.76. The van der Waals surface area contributed by atoms with Crippen LogP contribution in [0.25, 0.3) is 0 Å². The van der Waals surface area contributed by atoms with Gasteiger partial charge in [-0.3, -0.25) is 14.3 Å². The van der Waals surface area contributed by atoms with E-state index in [1.807, 2.05) is 12.3 Å². The number of carbonyl (C=O) groups is 1. The van der Waals surface area contributed by atoms with E-state index in [0.29, 0.717) is 42.9 Å². The summed E-state index contributed by atoms with van der Waals surface area (Å²) in [6.45, 7) is 2.83. The Balaban J connectivity index is 1.43. The van der Waals surface area contributed by atoms with Gasteiger partial charge in [0.05, 0.1) is 27.8 Å². The molecule has 0 aliphatic carbocycles. The SMILES string of the molecule is Cc1nc(Cn2nc3n(c2=O)CCC(NC(=O)c2cncc(Cl)c2)CC3)cs1. The Morgan fingerprint density at radius 3 is 3.00 bits per heavy atom. The molecule has 0 saturated heterocycles. The van der Waals surface area contributed by atoms with Crippen LogP contribution in [0.5, 0.6) is 0 Å². The monoisotopic (exact) mass is 418 g/mol. The van der Waals surface area contributed by atoms with Crippen LogP contribution in [0, 0.1) is 6.92 Å². The number of hydrogen-bond donors (Lipinski definition) is 1. The Labute approximate surface area is 170 Å². The highest BCUT2D eigenvalue weighted by atomic mass is 35.5. The second kappa shape index (κ2) is 7.84. The molecule has 0 aromatic carbocycles. The highest BCUT2D eigenvalue weighted by molar-refractivity contribution is 7.09. The molecule has 0 radical (unpaired) electrons. The van der Waals surface area contributed by atoms with Crippen molar-refractivity contribution in [1.29, 1.82) is 0 Å². The fraction of sp³-hybridized carbons (Fsp3) is 0.389. The minimum absolute atomic E-state index is 0.0396. The van der Waals surface area contributed by atoms with E-state index in [0.717, 1.165) is 16.5 Å². The van der Waals surface area contributed by atoms with Gasteiger partial charge in [-0.05, 0) is 25.8 Å². The molecule has 146 valence electrons. The lowest BCUT2D eigenvalue weighted by molar-refractivity contribution is 0.0932. The highest BCUT2D eigenvalue weighted by Gasteiger charge is 2.23. The van der Waals surface area contributed by atoms with Gasteiger partial charge in [-0.2, -0.15) is 5.10 Å². The normalized spacial score (nSPS) is 16.4. The fourth-order valence-corrected chi connectivity index (χ4v) is 4.09. The summed E-state index contributed by atoms with van der Waals surface area (Å²) in [6, 6.07) is 1.55. The first-order chi connectivity index (χ1) is 13.5. The molecule has 3 aromatic heterocycles. The number of nitrogens with zero attached hydrogens (tertiary/aromatic N) is 5. The average molecular weight is 419 g/mol. The zero-order chi connectivity index (χ0) is 19.7. The third-order valence-corrected chi connectivity index (χ3v) is 5.73. The molecule has 1 aliphatic heterocycles. The molecular weight excluding hydrogens is 400 g/mol. The van der Waals surface area contributed by atoms with Gasteiger partial charge < -0.3 is 5.32 Å². The molecule has 0 spiro atoms. The summed E-state index contributed by atoms with van der Waals surface area (Å²) >= 11 is 7.46. The number of fused-ring (bicyclic) bond motifs is 1. The van der Waals surface area contributed by atoms with Crippen LogP contribution in [-0.4, -0.2) is 36.3 Å². The molecule has 0 saturated carbocycles. The lowest BCUT2D eigenvalue weighted by Crippen LogP contribution is -2.36. The smallest absolute Gasteiger partial charge is 0.346 e. The van der Waals surface area contributed by atoms with Crippen molar-refractivity contribution in [2.75, 3.05) is 0 Å². The zero-order valence-electron chi connectivity index (χ0n) is 15.3. The lowest BCUT2D eigenvalue weighted by atomic mass is 10.1. The van der Waals surface area contributed by atoms with Crippen LogP contribution < -0.4 is 11.0 Å². The Morgan fingerprint density at radius 1 is 1.39 bits per heavy atom. The number of aryl methyl sites for hydroxylation is 2. The fourth-order valence-electron chi connectivity index (χ4n) is 3.31. The van der Waals surface area contributed by atoms with Gasteiger partial charge in [-0.1, -0.05) is 11.6 Å². The second-order valence-corrected chi connectivity index (χ2v) is 8.25. The predicted octanol–water partition coefficient (Wildman–Crippen LogP) is 2.04. The standard InChI is InChI=1S/C18H19ClN6O2S/c1-11-21-15(10-28-11)9-25-18(27)24-5-4-14(2-3-16(24)23-25)22-17(26)12-6-13(19)8-20-7-12/h6-8,10,14H,2-5,9H2,1H3,(H,22,26). The van der Waals surface area contributed by atoms with Crippen LogP contribution in [0.1, 0.15) is 39.7 Å². The Morgan fingerprint density at radius 2 is 2.25 bits per heavy atom. The molecule has 1 atom stereocenters. The summed E-state index contributed by atoms with van der Waals surface area (Å²) in [4.78, 5) is 33.4. The van der Waals surface area contributed by atoms with Crippen LogP contribution in [-0.2, 0) is 19.5 Å². The highest BCUT2D eigenvalue weighted by Crippen LogP contribution is 2.15. The number of pyridine rings is 1. The molecule has 0 fully saturated rings. The summed E-state index contributed by atoms with van der Waals surface area (Å²) in [5, 5.41) is 10.8. The molecule has 8 nitrogen and oxygen atoms in total. The summed E-state index contributed by atoms with van der Waals surface area (Å²) < 4.78 is 3.17. The number of carbonyl (C=O) groups excluding carboxylic acids is 1. The maximum Gasteiger partial charge on any atom is 0.346 e. The van der Waals surface area contributed by atoms with E-state index in [2.05, 4.69) is 20.4 Å². The van der Waals surface area contributed by atoms with E-state index >= 15 is 0 Å². The molecule has 3 aromatic rings. The van der Waals surface area contributed by atoms with Crippen molar-refractivity contribution in [3.63, 3.8) is 0 Å². The number of halogens is 1. The Kier molecular flexibility index (Phi) is 5.27. The minimum atomic E-state index is -0.212. The third-order valence-electron chi connectivity index (χ3n) is 4.70. The maximum absolute atomic E-state index is 12.7. The average Bonchev–Trinajstić information content (AvgIpc) is 3.13. The van der Waals surface area contributed by atoms with Crippen LogP contribution in [0.15, 0.2) is 28.6 Å². The van der Waals surface area contributed by atoms with E-state index in [1.54, 1.807) is 22.0 Å². The molecular formula is C18H19ClN6O2S. The Bertz CT molecular complexity index is 1070. The van der Waals surface area contributed by atoms with Gasteiger partial charge in [0.25, 0.3) is 5.91 Å². The van der Waals surface area contributed by atoms with Gasteiger partial charge in [0, 0.05) is 36.8 Å². The van der Waals surface area contributed by atoms with Gasteiger partial charge in [-0.15, -0.1) is 11.3 Å². The van der Waals surface area contributed by atoms with Crippen LogP contribution in [0.3, 0.4) is 0 Å². The number of amides is 1. The maximum atomic E-state index is 12.7. The summed E-state index contributed by atoms with van der Waals surface area (Å²) in [7, 11) is 0. The quantitative estimate of drug-likeness (QED) is 0.699. The topological polar surface area (TPSA) is 94.7 Å². The number of hydrogen-bond acceptors (Lipinski definition) is 6. The molecule has 1 amide bonds. The molecule has 1 aliphatic rings. The molecule has 28 heavy (non-hydrogen) atoms. The first-order valence-corrected chi connectivity index (χ1v) is 10.2. The summed E-state index contributed by atoms with van der Waals surface area (Å²) in [5.74, 6) is 0.536. The van der Waals surface area contributed by atoms with Gasteiger partial charge in [0.15, 0.2) is 0 Å². The lowest BCUT2D eigenvalue weighted by Gasteiger charge is -2.16. The molecule has 4 heterocycles. The van der Waals surface area contributed by atoms with E-state index in [-0.39, 0.29) is 17.6 Å². The first-order valence-electron chi connectivity index (χ1n) is 8.98. The third kappa shape index (κ3) is 4.00. The van der Waals surface area contributed by atoms with Crippen molar-refractivity contribution < 1.29 is 4.79 Å². The van der Waals surface area contributed by atoms with Crippen LogP contribution >= 0.6 is 22.9 Å². The van der Waals surface area contributed by atoms with Crippen molar-refractivity contribution in [2.45, 2.75) is 45.3 Å². The van der Waals surface area contributed by atoms with Crippen molar-refractivity contribution in [3.8, 4) is 0 Å². The van der Waals surface area contributed by atoms with Crippen molar-refractivity contribution in [2.24, 2.45) is 0 Å². The van der Waals surface area contributed by atoms with E-state index < -0.39 is 0 Å². The van der Waals surface area contributed by atoms with E-state index in [4.69, 9.17) is 11.6 Å². The van der Waals surface area contributed by atoms with Gasteiger partial charge >= 0.3 is 5.69 Å². The predicted molar refractivity (Wildman–Crippen MR) is 106 cm³/mol. The zero-order valence-corrected chi connectivity index (χ0v) is 16.8. The number of aromatic nitrogens is 5. The summed E-state index contributed by atoms with van der Waals surface area (Å²) in [5.41, 5.74) is 1.14. The molecule has 10 heteroatoms. The number of thiazole rings is 1. The number of rotatable bonds is 4. The van der Waals surface area contributed by atoms with Crippen LogP contribution in [0.2, 0.25) is 5.02 Å². The Hall–Kier alpha value is -2.52. The largest absolute Gasteiger partial charge is 0.349 e. The van der Waals surface area contributed by atoms with Crippen molar-refractivity contribution >= 4 is 28.8 Å². The van der Waals surface area contributed by atoms with Crippen molar-refractivity contribution in [1.82, 2.24) is 29.6 Å². The van der Waals surface area contributed by atoms with Gasteiger partial charge in [0.2, 0.25) is 0 Å². The van der Waals surface area contributed by atoms with Crippen LogP contribution in [0.4, 0.5) is 0 Å². The number of nitrogens with one attached hydrogen (secondary N) is 1. The van der Waals surface area contributed by atoms with Gasteiger partial charge in [-0.25, -0.2) is 14.5 Å². The van der Waals surface area contributed by atoms with E-state index in [1.165, 1.54) is 17.1 Å². The minimum Gasteiger partial charge on any atom is -0.349 e.